The molecule has 0 unspecified atom stereocenters. The van der Waals surface area contributed by atoms with Crippen molar-refractivity contribution in [1.82, 2.24) is 0 Å². The first kappa shape index (κ1) is 12.6. The summed E-state index contributed by atoms with van der Waals surface area (Å²) in [4.78, 5) is 30.6. The summed E-state index contributed by atoms with van der Waals surface area (Å²) in [5.41, 5.74) is -1.78. The molecule has 90 valence electrons. The molecular formula is C9H8N2O6. The maximum atomic E-state index is 10.8. The molecule has 0 bridgehead atoms. The molecule has 17 heavy (non-hydrogen) atoms. The molecule has 1 rings (SSSR count). The average molecular weight is 240 g/mol. The Balaban J connectivity index is 3.76. The van der Waals surface area contributed by atoms with Gasteiger partial charge in [0.2, 0.25) is 0 Å². The third kappa shape index (κ3) is 2.05. The third-order valence-corrected chi connectivity index (χ3v) is 2.39. The maximum absolute atomic E-state index is 10.8. The summed E-state index contributed by atoms with van der Waals surface area (Å²) in [6.07, 6.45) is 0. The summed E-state index contributed by atoms with van der Waals surface area (Å²) >= 11 is 0. The molecule has 0 aliphatic rings. The van der Waals surface area contributed by atoms with Crippen LogP contribution in [0.15, 0.2) is 6.07 Å². The fourth-order valence-corrected chi connectivity index (χ4v) is 1.57. The zero-order valence-corrected chi connectivity index (χ0v) is 8.96. The van der Waals surface area contributed by atoms with Gasteiger partial charge in [-0.05, 0) is 13.8 Å². The molecule has 1 aromatic rings. The van der Waals surface area contributed by atoms with E-state index in [0.29, 0.717) is 0 Å². The summed E-state index contributed by atoms with van der Waals surface area (Å²) in [6.45, 7) is 2.47. The van der Waals surface area contributed by atoms with Crippen molar-refractivity contribution in [2.75, 3.05) is 0 Å². The number of carbonyl (C=O) groups is 1. The van der Waals surface area contributed by atoms with E-state index in [1.807, 2.05) is 0 Å². The van der Waals surface area contributed by atoms with Gasteiger partial charge in [0.25, 0.3) is 11.4 Å². The summed E-state index contributed by atoms with van der Waals surface area (Å²) in [5.74, 6) is -1.44. The second-order valence-corrected chi connectivity index (χ2v) is 3.36. The number of hydrogen-bond acceptors (Lipinski definition) is 5. The molecule has 0 aliphatic carbocycles. The van der Waals surface area contributed by atoms with Crippen LogP contribution in [0.2, 0.25) is 0 Å². The van der Waals surface area contributed by atoms with Crippen molar-refractivity contribution in [3.8, 4) is 0 Å². The molecule has 0 saturated heterocycles. The first-order valence-electron chi connectivity index (χ1n) is 4.43. The minimum Gasteiger partial charge on any atom is -0.478 e. The SMILES string of the molecule is Cc1c(C(=O)O)cc([N+](=O)[O-])c(C)c1[N+](=O)[O-]. The van der Waals surface area contributed by atoms with E-state index in [4.69, 9.17) is 5.11 Å². The van der Waals surface area contributed by atoms with E-state index in [0.717, 1.165) is 6.07 Å². The van der Waals surface area contributed by atoms with Crippen molar-refractivity contribution in [3.63, 3.8) is 0 Å². The van der Waals surface area contributed by atoms with Crippen LogP contribution in [-0.2, 0) is 0 Å². The molecule has 0 fully saturated rings. The predicted octanol–water partition coefficient (Wildman–Crippen LogP) is 1.82. The minimum absolute atomic E-state index is 0.0920. The van der Waals surface area contributed by atoms with Crippen molar-refractivity contribution in [1.29, 1.82) is 0 Å². The van der Waals surface area contributed by atoms with Crippen LogP contribution in [0, 0.1) is 34.1 Å². The van der Waals surface area contributed by atoms with E-state index in [1.165, 1.54) is 13.8 Å². The molecule has 8 nitrogen and oxygen atoms in total. The van der Waals surface area contributed by atoms with Crippen molar-refractivity contribution in [2.24, 2.45) is 0 Å². The molecule has 1 aromatic carbocycles. The lowest BCUT2D eigenvalue weighted by Crippen LogP contribution is -2.07. The van der Waals surface area contributed by atoms with Gasteiger partial charge in [-0.25, -0.2) is 4.79 Å². The summed E-state index contributed by atoms with van der Waals surface area (Å²) in [7, 11) is 0. The highest BCUT2D eigenvalue weighted by Crippen LogP contribution is 2.33. The Morgan fingerprint density at radius 2 is 1.71 bits per heavy atom. The molecule has 0 heterocycles. The fourth-order valence-electron chi connectivity index (χ4n) is 1.57. The van der Waals surface area contributed by atoms with Crippen LogP contribution in [0.25, 0.3) is 0 Å². The zero-order chi connectivity index (χ0) is 13.3. The molecular weight excluding hydrogens is 232 g/mol. The summed E-state index contributed by atoms with van der Waals surface area (Å²) in [5, 5.41) is 30.3. The van der Waals surface area contributed by atoms with Gasteiger partial charge in [-0.1, -0.05) is 0 Å². The number of nitro benzene ring substituents is 2. The van der Waals surface area contributed by atoms with E-state index in [-0.39, 0.29) is 11.1 Å². The van der Waals surface area contributed by atoms with Crippen LogP contribution < -0.4 is 0 Å². The van der Waals surface area contributed by atoms with Gasteiger partial charge in [-0.15, -0.1) is 0 Å². The molecule has 0 aromatic heterocycles. The minimum atomic E-state index is -1.44. The molecule has 1 N–H and O–H groups in total. The standard InChI is InChI=1S/C9H8N2O6/c1-4-6(9(12)13)3-7(10(14)15)5(2)8(4)11(16)17/h3H,1-2H3,(H,12,13). The van der Waals surface area contributed by atoms with Crippen molar-refractivity contribution < 1.29 is 19.7 Å². The van der Waals surface area contributed by atoms with Crippen molar-refractivity contribution >= 4 is 17.3 Å². The van der Waals surface area contributed by atoms with Crippen LogP contribution in [0.3, 0.4) is 0 Å². The fraction of sp³-hybridized carbons (Fsp3) is 0.222. The topological polar surface area (TPSA) is 124 Å². The quantitative estimate of drug-likeness (QED) is 0.634. The second-order valence-electron chi connectivity index (χ2n) is 3.36. The monoisotopic (exact) mass is 240 g/mol. The largest absolute Gasteiger partial charge is 0.478 e. The predicted molar refractivity (Wildman–Crippen MR) is 56.2 cm³/mol. The van der Waals surface area contributed by atoms with Gasteiger partial charge in [0.05, 0.1) is 15.4 Å². The van der Waals surface area contributed by atoms with E-state index in [1.54, 1.807) is 0 Å². The molecule has 0 amide bonds. The van der Waals surface area contributed by atoms with Gasteiger partial charge in [0, 0.05) is 11.6 Å². The molecule has 8 heteroatoms. The Hall–Kier alpha value is -2.51. The number of benzene rings is 1. The number of rotatable bonds is 3. The third-order valence-electron chi connectivity index (χ3n) is 2.39. The van der Waals surface area contributed by atoms with Crippen LogP contribution in [0.1, 0.15) is 21.5 Å². The first-order chi connectivity index (χ1) is 7.77. The molecule has 0 aliphatic heterocycles. The lowest BCUT2D eigenvalue weighted by Gasteiger charge is -2.05. The molecule has 0 radical (unpaired) electrons. The number of nitro groups is 2. The van der Waals surface area contributed by atoms with Crippen LogP contribution in [-0.4, -0.2) is 20.9 Å². The lowest BCUT2D eigenvalue weighted by molar-refractivity contribution is -0.395. The van der Waals surface area contributed by atoms with Crippen molar-refractivity contribution in [3.05, 3.63) is 43.0 Å². The highest BCUT2D eigenvalue weighted by atomic mass is 16.6. The zero-order valence-electron chi connectivity index (χ0n) is 8.96. The van der Waals surface area contributed by atoms with Gasteiger partial charge in [0.1, 0.15) is 5.56 Å². The number of aromatic carboxylic acids is 1. The van der Waals surface area contributed by atoms with Gasteiger partial charge in [0.15, 0.2) is 0 Å². The lowest BCUT2D eigenvalue weighted by atomic mass is 10.0. The van der Waals surface area contributed by atoms with Gasteiger partial charge in [-0.3, -0.25) is 20.2 Å². The van der Waals surface area contributed by atoms with Gasteiger partial charge >= 0.3 is 5.97 Å². The van der Waals surface area contributed by atoms with E-state index >= 15 is 0 Å². The number of carboxylic acids is 1. The van der Waals surface area contributed by atoms with Gasteiger partial charge in [-0.2, -0.15) is 0 Å². The molecule has 0 saturated carbocycles. The Bertz CT molecular complexity index is 499. The normalized spacial score (nSPS) is 10.0. The highest BCUT2D eigenvalue weighted by molar-refractivity contribution is 5.92. The molecule has 0 atom stereocenters. The first-order valence-corrected chi connectivity index (χ1v) is 4.43. The highest BCUT2D eigenvalue weighted by Gasteiger charge is 2.29. The van der Waals surface area contributed by atoms with Crippen LogP contribution in [0.5, 0.6) is 0 Å². The number of carboxylic acid groups (broad SMARTS) is 1. The van der Waals surface area contributed by atoms with Crippen LogP contribution >= 0.6 is 0 Å². The Morgan fingerprint density at radius 1 is 1.18 bits per heavy atom. The second kappa shape index (κ2) is 4.16. The van der Waals surface area contributed by atoms with Gasteiger partial charge < -0.3 is 5.11 Å². The van der Waals surface area contributed by atoms with E-state index in [2.05, 4.69) is 0 Å². The summed E-state index contributed by atoms with van der Waals surface area (Å²) < 4.78 is 0. The Labute approximate surface area is 94.8 Å². The Kier molecular flexibility index (Phi) is 3.07. The van der Waals surface area contributed by atoms with E-state index < -0.39 is 32.8 Å². The maximum Gasteiger partial charge on any atom is 0.336 e. The molecule has 0 spiro atoms. The number of nitrogens with zero attached hydrogens (tertiary/aromatic N) is 2. The smallest absolute Gasteiger partial charge is 0.336 e. The van der Waals surface area contributed by atoms with Crippen LogP contribution in [0.4, 0.5) is 11.4 Å². The number of hydrogen-bond donors (Lipinski definition) is 1. The average Bonchev–Trinajstić information content (AvgIpc) is 2.15. The summed E-state index contributed by atoms with van der Waals surface area (Å²) in [6, 6.07) is 0.833. The van der Waals surface area contributed by atoms with Crippen molar-refractivity contribution in [2.45, 2.75) is 13.8 Å². The Morgan fingerprint density at radius 3 is 2.06 bits per heavy atom. The van der Waals surface area contributed by atoms with E-state index in [9.17, 15) is 25.0 Å².